The number of rotatable bonds is 3. The van der Waals surface area contributed by atoms with Crippen molar-refractivity contribution in [2.75, 3.05) is 25.9 Å². The Labute approximate surface area is 153 Å². The number of hydrogen-bond acceptors (Lipinski definition) is 5. The van der Waals surface area contributed by atoms with Crippen LogP contribution in [-0.2, 0) is 9.84 Å². The first-order valence-electron chi connectivity index (χ1n) is 7.68. The molecular weight excluding hydrogens is 362 g/mol. The van der Waals surface area contributed by atoms with Crippen molar-refractivity contribution in [1.82, 2.24) is 15.2 Å². The lowest BCUT2D eigenvalue weighted by molar-refractivity contribution is 0.0634. The van der Waals surface area contributed by atoms with E-state index in [9.17, 15) is 13.2 Å². The minimum absolute atomic E-state index is 0. The molecule has 1 aromatic carbocycles. The number of halogens is 1. The third-order valence-electron chi connectivity index (χ3n) is 4.10. The van der Waals surface area contributed by atoms with Gasteiger partial charge in [0.2, 0.25) is 0 Å². The van der Waals surface area contributed by atoms with Gasteiger partial charge < -0.3 is 10.2 Å². The summed E-state index contributed by atoms with van der Waals surface area (Å²) < 4.78 is 23.1. The fourth-order valence-electron chi connectivity index (χ4n) is 2.83. The summed E-state index contributed by atoms with van der Waals surface area (Å²) in [4.78, 5) is 19.0. The van der Waals surface area contributed by atoms with E-state index in [4.69, 9.17) is 0 Å². The van der Waals surface area contributed by atoms with E-state index >= 15 is 0 Å². The van der Waals surface area contributed by atoms with E-state index in [-0.39, 0.29) is 29.3 Å². The molecule has 1 fully saturated rings. The quantitative estimate of drug-likeness (QED) is 0.875. The van der Waals surface area contributed by atoms with Crippen molar-refractivity contribution < 1.29 is 13.2 Å². The van der Waals surface area contributed by atoms with Crippen LogP contribution in [-0.4, -0.2) is 50.1 Å². The number of nitrogens with zero attached hydrogens (tertiary/aromatic N) is 2. The average molecular weight is 382 g/mol. The molecule has 1 aliphatic rings. The first-order valence-corrected chi connectivity index (χ1v) is 9.58. The molecule has 0 spiro atoms. The number of hydrogen-bond donors (Lipinski definition) is 1. The predicted octanol–water partition coefficient (Wildman–Crippen LogP) is 1.69. The van der Waals surface area contributed by atoms with E-state index in [1.165, 1.54) is 12.1 Å². The zero-order valence-corrected chi connectivity index (χ0v) is 15.4. The second kappa shape index (κ2) is 7.95. The smallest absolute Gasteiger partial charge is 0.254 e. The maximum Gasteiger partial charge on any atom is 0.254 e. The molecule has 1 amide bonds. The highest BCUT2D eigenvalue weighted by molar-refractivity contribution is 7.90. The first-order chi connectivity index (χ1) is 11.5. The van der Waals surface area contributed by atoms with Gasteiger partial charge in [-0.15, -0.1) is 12.4 Å². The molecule has 1 saturated heterocycles. The maximum absolute atomic E-state index is 12.9. The molecule has 1 aromatic heterocycles. The molecule has 1 N–H and O–H groups in total. The molecule has 134 valence electrons. The molecule has 2 aromatic rings. The number of amides is 1. The highest BCUT2D eigenvalue weighted by Gasteiger charge is 2.28. The van der Waals surface area contributed by atoms with Crippen LogP contribution in [0.3, 0.4) is 0 Å². The topological polar surface area (TPSA) is 79.4 Å². The third kappa shape index (κ3) is 4.36. The van der Waals surface area contributed by atoms with Gasteiger partial charge in [0.15, 0.2) is 9.84 Å². The number of piperazine rings is 1. The van der Waals surface area contributed by atoms with Crippen molar-refractivity contribution >= 4 is 28.2 Å². The highest BCUT2D eigenvalue weighted by atomic mass is 35.5. The molecule has 0 radical (unpaired) electrons. The van der Waals surface area contributed by atoms with Crippen LogP contribution in [0.25, 0.3) is 0 Å². The first kappa shape index (κ1) is 19.4. The Morgan fingerprint density at radius 1 is 1.24 bits per heavy atom. The van der Waals surface area contributed by atoms with Crippen LogP contribution >= 0.6 is 12.4 Å². The fraction of sp³-hybridized carbons (Fsp3) is 0.294. The van der Waals surface area contributed by atoms with E-state index in [0.717, 1.165) is 18.4 Å². The average Bonchev–Trinajstić information content (AvgIpc) is 2.61. The molecular formula is C17H20ClN3O3S. The minimum Gasteiger partial charge on any atom is -0.329 e. The second-order valence-corrected chi connectivity index (χ2v) is 7.82. The number of aromatic nitrogens is 1. The lowest BCUT2D eigenvalue weighted by Crippen LogP contribution is -2.48. The number of sulfone groups is 1. The van der Waals surface area contributed by atoms with E-state index in [1.807, 2.05) is 17.0 Å². The van der Waals surface area contributed by atoms with E-state index in [2.05, 4.69) is 10.3 Å². The second-order valence-electron chi connectivity index (χ2n) is 5.80. The standard InChI is InChI=1S/C17H19N3O3S.ClH/c1-24(22,23)15-6-4-13(5-7-15)17(21)20-10-9-19-12-16(20)14-3-2-8-18-11-14;/h2-8,11,16,19H,9-10,12H2,1H3;1H. The van der Waals surface area contributed by atoms with Gasteiger partial charge in [0.05, 0.1) is 10.9 Å². The normalized spacial score (nSPS) is 17.6. The summed E-state index contributed by atoms with van der Waals surface area (Å²) in [5.74, 6) is -0.106. The van der Waals surface area contributed by atoms with Crippen molar-refractivity contribution in [3.63, 3.8) is 0 Å². The molecule has 0 bridgehead atoms. The van der Waals surface area contributed by atoms with Gasteiger partial charge >= 0.3 is 0 Å². The van der Waals surface area contributed by atoms with Gasteiger partial charge in [-0.3, -0.25) is 9.78 Å². The van der Waals surface area contributed by atoms with Gasteiger partial charge in [-0.05, 0) is 35.9 Å². The number of carbonyl (C=O) groups is 1. The van der Waals surface area contributed by atoms with Gasteiger partial charge in [0.1, 0.15) is 0 Å². The summed E-state index contributed by atoms with van der Waals surface area (Å²) in [5.41, 5.74) is 1.46. The molecule has 1 atom stereocenters. The maximum atomic E-state index is 12.9. The van der Waals surface area contributed by atoms with Crippen molar-refractivity contribution in [3.8, 4) is 0 Å². The Bertz CT molecular complexity index is 826. The van der Waals surface area contributed by atoms with E-state index in [0.29, 0.717) is 18.7 Å². The van der Waals surface area contributed by atoms with Crippen molar-refractivity contribution in [1.29, 1.82) is 0 Å². The lowest BCUT2D eigenvalue weighted by atomic mass is 10.0. The van der Waals surface area contributed by atoms with Crippen molar-refractivity contribution in [2.45, 2.75) is 10.9 Å². The molecule has 2 heterocycles. The Balaban J connectivity index is 0.00000225. The fourth-order valence-corrected chi connectivity index (χ4v) is 3.46. The van der Waals surface area contributed by atoms with Gasteiger partial charge in [-0.25, -0.2) is 8.42 Å². The summed E-state index contributed by atoms with van der Waals surface area (Å²) in [6, 6.07) is 9.82. The van der Waals surface area contributed by atoms with Crippen LogP contribution in [0.5, 0.6) is 0 Å². The number of benzene rings is 1. The zero-order chi connectivity index (χ0) is 17.2. The van der Waals surface area contributed by atoms with E-state index < -0.39 is 9.84 Å². The Morgan fingerprint density at radius 2 is 1.96 bits per heavy atom. The van der Waals surface area contributed by atoms with Crippen LogP contribution in [0.2, 0.25) is 0 Å². The van der Waals surface area contributed by atoms with Gasteiger partial charge in [-0.2, -0.15) is 0 Å². The monoisotopic (exact) mass is 381 g/mol. The Hall–Kier alpha value is -1.96. The van der Waals surface area contributed by atoms with Crippen LogP contribution in [0.4, 0.5) is 0 Å². The van der Waals surface area contributed by atoms with Crippen LogP contribution in [0.1, 0.15) is 22.0 Å². The molecule has 8 heteroatoms. The molecule has 1 aliphatic heterocycles. The Kier molecular flexibility index (Phi) is 6.16. The number of nitrogens with one attached hydrogen (secondary N) is 1. The largest absolute Gasteiger partial charge is 0.329 e. The number of pyridine rings is 1. The molecule has 0 aliphatic carbocycles. The van der Waals surface area contributed by atoms with Gasteiger partial charge in [0.25, 0.3) is 5.91 Å². The van der Waals surface area contributed by atoms with Crippen molar-refractivity contribution in [2.24, 2.45) is 0 Å². The van der Waals surface area contributed by atoms with Crippen molar-refractivity contribution in [3.05, 3.63) is 59.9 Å². The zero-order valence-electron chi connectivity index (χ0n) is 13.8. The van der Waals surface area contributed by atoms with E-state index in [1.54, 1.807) is 24.5 Å². The third-order valence-corrected chi connectivity index (χ3v) is 5.23. The molecule has 1 unspecified atom stereocenters. The van der Waals surface area contributed by atoms with Crippen LogP contribution < -0.4 is 5.32 Å². The predicted molar refractivity (Wildman–Crippen MR) is 97.7 cm³/mol. The SMILES string of the molecule is CS(=O)(=O)c1ccc(C(=O)N2CCNCC2c2cccnc2)cc1.Cl. The molecule has 3 rings (SSSR count). The summed E-state index contributed by atoms with van der Waals surface area (Å²) in [7, 11) is -3.27. The summed E-state index contributed by atoms with van der Waals surface area (Å²) in [6.07, 6.45) is 4.62. The summed E-state index contributed by atoms with van der Waals surface area (Å²) in [6.45, 7) is 1.98. The summed E-state index contributed by atoms with van der Waals surface area (Å²) >= 11 is 0. The minimum atomic E-state index is -3.27. The van der Waals surface area contributed by atoms with Gasteiger partial charge in [-0.1, -0.05) is 6.07 Å². The molecule has 0 saturated carbocycles. The molecule has 25 heavy (non-hydrogen) atoms. The van der Waals surface area contributed by atoms with Gasteiger partial charge in [0, 0.05) is 43.8 Å². The van der Waals surface area contributed by atoms with Crippen LogP contribution in [0, 0.1) is 0 Å². The summed E-state index contributed by atoms with van der Waals surface area (Å²) in [5, 5.41) is 3.30. The molecule has 6 nitrogen and oxygen atoms in total. The Morgan fingerprint density at radius 3 is 2.56 bits per heavy atom. The lowest BCUT2D eigenvalue weighted by Gasteiger charge is -2.36. The highest BCUT2D eigenvalue weighted by Crippen LogP contribution is 2.24. The van der Waals surface area contributed by atoms with Crippen LogP contribution in [0.15, 0.2) is 53.7 Å². The number of carbonyl (C=O) groups excluding carboxylic acids is 1.